The number of anilines is 2. The van der Waals surface area contributed by atoms with Crippen molar-refractivity contribution in [2.24, 2.45) is 0 Å². The van der Waals surface area contributed by atoms with E-state index in [1.165, 1.54) is 0 Å². The number of carbonyl (C=O) groups is 1. The first-order chi connectivity index (χ1) is 15.9. The molecule has 0 unspecified atom stereocenters. The minimum absolute atomic E-state index is 0.0133. The average molecular weight is 456 g/mol. The Morgan fingerprint density at radius 3 is 2.76 bits per heavy atom. The Labute approximate surface area is 194 Å². The van der Waals surface area contributed by atoms with Crippen LogP contribution in [-0.4, -0.2) is 67.1 Å². The minimum atomic E-state index is -0.662. The maximum absolute atomic E-state index is 12.1. The Bertz CT molecular complexity index is 999. The predicted octanol–water partition coefficient (Wildman–Crippen LogP) is 2.66. The lowest BCUT2D eigenvalue weighted by molar-refractivity contribution is -0.0410. The second-order valence-electron chi connectivity index (χ2n) is 8.75. The molecule has 2 N–H and O–H groups in total. The highest BCUT2D eigenvalue weighted by molar-refractivity contribution is 5.91. The van der Waals surface area contributed by atoms with Gasteiger partial charge in [-0.25, -0.2) is 14.8 Å². The van der Waals surface area contributed by atoms with Gasteiger partial charge in [-0.05, 0) is 45.0 Å². The van der Waals surface area contributed by atoms with Crippen LogP contribution in [-0.2, 0) is 21.7 Å². The van der Waals surface area contributed by atoms with Crippen molar-refractivity contribution in [2.75, 3.05) is 49.8 Å². The SMILES string of the molecule is CCNC(=O)N(C)c1ccc(-c2nc(N3CCOC[C@@H]3C)c3c(n2)[C@@](C)(CCO)OC3)cc1. The van der Waals surface area contributed by atoms with Crippen LogP contribution < -0.4 is 15.1 Å². The van der Waals surface area contributed by atoms with Crippen LogP contribution in [0.15, 0.2) is 24.3 Å². The second-order valence-corrected chi connectivity index (χ2v) is 8.75. The number of aromatic nitrogens is 2. The van der Waals surface area contributed by atoms with Crippen molar-refractivity contribution in [3.8, 4) is 11.4 Å². The van der Waals surface area contributed by atoms with Gasteiger partial charge in [-0.2, -0.15) is 0 Å². The molecular weight excluding hydrogens is 422 g/mol. The maximum atomic E-state index is 12.1. The number of nitrogens with zero attached hydrogens (tertiary/aromatic N) is 4. The molecule has 0 saturated carbocycles. The van der Waals surface area contributed by atoms with E-state index in [0.717, 1.165) is 34.9 Å². The van der Waals surface area contributed by atoms with Crippen molar-refractivity contribution in [2.45, 2.75) is 45.4 Å². The van der Waals surface area contributed by atoms with Crippen molar-refractivity contribution in [3.05, 3.63) is 35.5 Å². The third kappa shape index (κ3) is 4.53. The summed E-state index contributed by atoms with van der Waals surface area (Å²) in [4.78, 5) is 25.9. The molecular formula is C24H33N5O4. The third-order valence-electron chi connectivity index (χ3n) is 6.40. The average Bonchev–Trinajstić information content (AvgIpc) is 3.15. The lowest BCUT2D eigenvalue weighted by Gasteiger charge is -2.35. The highest BCUT2D eigenvalue weighted by Gasteiger charge is 2.41. The highest BCUT2D eigenvalue weighted by Crippen LogP contribution is 2.42. The summed E-state index contributed by atoms with van der Waals surface area (Å²) in [6, 6.07) is 7.67. The molecule has 33 heavy (non-hydrogen) atoms. The largest absolute Gasteiger partial charge is 0.396 e. The zero-order valence-corrected chi connectivity index (χ0v) is 19.8. The van der Waals surface area contributed by atoms with E-state index < -0.39 is 5.60 Å². The molecule has 3 heterocycles. The zero-order valence-electron chi connectivity index (χ0n) is 19.8. The van der Waals surface area contributed by atoms with Gasteiger partial charge in [-0.3, -0.25) is 4.90 Å². The van der Waals surface area contributed by atoms with Crippen molar-refractivity contribution < 1.29 is 19.4 Å². The number of urea groups is 1. The summed E-state index contributed by atoms with van der Waals surface area (Å²) in [7, 11) is 1.74. The molecule has 1 aromatic heterocycles. The molecule has 0 spiro atoms. The van der Waals surface area contributed by atoms with Gasteiger partial charge in [0.15, 0.2) is 5.82 Å². The fourth-order valence-corrected chi connectivity index (χ4v) is 4.38. The van der Waals surface area contributed by atoms with Crippen LogP contribution in [0, 0.1) is 0 Å². The van der Waals surface area contributed by atoms with Crippen LogP contribution >= 0.6 is 0 Å². The molecule has 2 aliphatic heterocycles. The number of amides is 2. The summed E-state index contributed by atoms with van der Waals surface area (Å²) in [5.41, 5.74) is 2.78. The van der Waals surface area contributed by atoms with E-state index in [1.54, 1.807) is 11.9 Å². The van der Waals surface area contributed by atoms with E-state index in [1.807, 2.05) is 38.1 Å². The fraction of sp³-hybridized carbons (Fsp3) is 0.542. The molecule has 2 amide bonds. The molecule has 2 aliphatic rings. The number of aliphatic hydroxyl groups excluding tert-OH is 1. The Balaban J connectivity index is 1.74. The standard InChI is InChI=1S/C24H33N5O4/c1-5-25-23(31)28(4)18-8-6-17(7-9-18)21-26-20-19(15-33-24(20,3)10-12-30)22(27-21)29-11-13-32-14-16(29)2/h6-9,16,30H,5,10-15H2,1-4H3,(H,25,31)/t16-,24+/m0/s1. The molecule has 9 nitrogen and oxygen atoms in total. The van der Waals surface area contributed by atoms with Gasteiger partial charge in [0.1, 0.15) is 11.4 Å². The predicted molar refractivity (Wildman–Crippen MR) is 126 cm³/mol. The number of aliphatic hydroxyl groups is 1. The summed E-state index contributed by atoms with van der Waals surface area (Å²) in [6.45, 7) is 9.03. The van der Waals surface area contributed by atoms with Crippen molar-refractivity contribution >= 4 is 17.5 Å². The highest BCUT2D eigenvalue weighted by atomic mass is 16.5. The molecule has 0 aliphatic carbocycles. The van der Waals surface area contributed by atoms with Crippen molar-refractivity contribution in [1.82, 2.24) is 15.3 Å². The van der Waals surface area contributed by atoms with Gasteiger partial charge in [0, 0.05) is 50.0 Å². The Kier molecular flexibility index (Phi) is 6.83. The lowest BCUT2D eigenvalue weighted by atomic mass is 9.96. The van der Waals surface area contributed by atoms with Crippen LogP contribution in [0.3, 0.4) is 0 Å². The molecule has 1 aromatic carbocycles. The minimum Gasteiger partial charge on any atom is -0.396 e. The smallest absolute Gasteiger partial charge is 0.321 e. The molecule has 0 bridgehead atoms. The number of ether oxygens (including phenoxy) is 2. The summed E-state index contributed by atoms with van der Waals surface area (Å²) >= 11 is 0. The maximum Gasteiger partial charge on any atom is 0.321 e. The van der Waals surface area contributed by atoms with Gasteiger partial charge < -0.3 is 24.8 Å². The summed E-state index contributed by atoms with van der Waals surface area (Å²) < 4.78 is 11.8. The first-order valence-corrected chi connectivity index (χ1v) is 11.5. The van der Waals surface area contributed by atoms with E-state index in [4.69, 9.17) is 19.4 Å². The van der Waals surface area contributed by atoms with Gasteiger partial charge in [0.2, 0.25) is 0 Å². The number of benzene rings is 1. The van der Waals surface area contributed by atoms with Gasteiger partial charge in [-0.1, -0.05) is 0 Å². The topological polar surface area (TPSA) is 100 Å². The monoisotopic (exact) mass is 455 g/mol. The van der Waals surface area contributed by atoms with Crippen LogP contribution in [0.1, 0.15) is 38.4 Å². The first-order valence-electron chi connectivity index (χ1n) is 11.5. The van der Waals surface area contributed by atoms with Gasteiger partial charge in [-0.15, -0.1) is 0 Å². The summed E-state index contributed by atoms with van der Waals surface area (Å²) in [5.74, 6) is 1.47. The Morgan fingerprint density at radius 2 is 2.09 bits per heavy atom. The van der Waals surface area contributed by atoms with Crippen LogP contribution in [0.4, 0.5) is 16.3 Å². The number of fused-ring (bicyclic) bond motifs is 1. The van der Waals surface area contributed by atoms with E-state index in [9.17, 15) is 9.90 Å². The van der Waals surface area contributed by atoms with Gasteiger partial charge >= 0.3 is 6.03 Å². The Hall–Kier alpha value is -2.75. The van der Waals surface area contributed by atoms with Crippen molar-refractivity contribution in [1.29, 1.82) is 0 Å². The number of rotatable bonds is 6. The van der Waals surface area contributed by atoms with E-state index in [0.29, 0.717) is 38.6 Å². The fourth-order valence-electron chi connectivity index (χ4n) is 4.38. The third-order valence-corrected chi connectivity index (χ3v) is 6.40. The van der Waals surface area contributed by atoms with Crippen LogP contribution in [0.25, 0.3) is 11.4 Å². The second kappa shape index (κ2) is 9.62. The molecule has 2 atom stereocenters. The molecule has 2 aromatic rings. The Morgan fingerprint density at radius 1 is 1.33 bits per heavy atom. The summed E-state index contributed by atoms with van der Waals surface area (Å²) in [6.07, 6.45) is 0.463. The molecule has 0 radical (unpaired) electrons. The molecule has 178 valence electrons. The van der Waals surface area contributed by atoms with E-state index >= 15 is 0 Å². The number of morpholine rings is 1. The normalized spacial score (nSPS) is 22.2. The number of hydrogen-bond acceptors (Lipinski definition) is 7. The van der Waals surface area contributed by atoms with Crippen LogP contribution in [0.5, 0.6) is 0 Å². The number of nitrogens with one attached hydrogen (secondary N) is 1. The molecule has 1 saturated heterocycles. The van der Waals surface area contributed by atoms with Gasteiger partial charge in [0.05, 0.1) is 31.6 Å². The first kappa shape index (κ1) is 23.4. The number of carbonyl (C=O) groups excluding carboxylic acids is 1. The van der Waals surface area contributed by atoms with Crippen molar-refractivity contribution in [3.63, 3.8) is 0 Å². The van der Waals surface area contributed by atoms with Crippen LogP contribution in [0.2, 0.25) is 0 Å². The summed E-state index contributed by atoms with van der Waals surface area (Å²) in [5, 5.41) is 12.4. The van der Waals surface area contributed by atoms with E-state index in [-0.39, 0.29) is 18.7 Å². The zero-order chi connectivity index (χ0) is 23.6. The quantitative estimate of drug-likeness (QED) is 0.691. The molecule has 1 fully saturated rings. The molecule has 4 rings (SSSR count). The molecule has 9 heteroatoms. The van der Waals surface area contributed by atoms with E-state index in [2.05, 4.69) is 17.1 Å². The lowest BCUT2D eigenvalue weighted by Crippen LogP contribution is -2.44. The number of hydrogen-bond donors (Lipinski definition) is 2. The van der Waals surface area contributed by atoms with Gasteiger partial charge in [0.25, 0.3) is 0 Å².